The third kappa shape index (κ3) is 3.81. The molecule has 0 bridgehead atoms. The molecule has 0 spiro atoms. The Morgan fingerprint density at radius 3 is 2.50 bits per heavy atom. The molecule has 1 amide bonds. The Kier molecular flexibility index (Phi) is 5.90. The molecule has 0 fully saturated rings. The lowest BCUT2D eigenvalue weighted by Gasteiger charge is -2.17. The molecule has 0 N–H and O–H groups in total. The van der Waals surface area contributed by atoms with Crippen LogP contribution in [0.2, 0.25) is 0 Å². The van der Waals surface area contributed by atoms with E-state index in [0.717, 1.165) is 18.6 Å². The normalized spacial score (nSPS) is 16.6. The molecule has 0 atom stereocenters. The first-order valence-corrected chi connectivity index (χ1v) is 8.21. The number of methoxy groups -OCH3 is 1. The van der Waals surface area contributed by atoms with Crippen LogP contribution < -0.4 is 0 Å². The van der Waals surface area contributed by atoms with E-state index in [4.69, 9.17) is 4.74 Å². The Labute approximate surface area is 149 Å². The minimum atomic E-state index is -4.57. The lowest BCUT2D eigenvalue weighted by molar-refractivity contribution is -0.138. The Hall–Kier alpha value is -2.57. The summed E-state index contributed by atoms with van der Waals surface area (Å²) in [4.78, 5) is 26.3. The van der Waals surface area contributed by atoms with Gasteiger partial charge < -0.3 is 9.64 Å². The third-order valence-corrected chi connectivity index (χ3v) is 4.20. The standard InChI is InChI=1S/C19H20F3NO3/c1-4-5-10-23-12(2)16(18(25)26-3)14(17(23)24)11-13-8-6-7-9-15(13)19(20,21)22/h6-9,11H,4-5,10H2,1-3H3/b14-11-. The van der Waals surface area contributed by atoms with Crippen LogP contribution in [0.25, 0.3) is 6.08 Å². The monoisotopic (exact) mass is 367 g/mol. The summed E-state index contributed by atoms with van der Waals surface area (Å²) in [6.07, 6.45) is -1.90. The predicted molar refractivity (Wildman–Crippen MR) is 90.8 cm³/mol. The highest BCUT2D eigenvalue weighted by atomic mass is 19.4. The summed E-state index contributed by atoms with van der Waals surface area (Å²) < 4.78 is 44.4. The smallest absolute Gasteiger partial charge is 0.416 e. The van der Waals surface area contributed by atoms with E-state index >= 15 is 0 Å². The first-order valence-electron chi connectivity index (χ1n) is 8.21. The molecule has 1 aliphatic heterocycles. The minimum absolute atomic E-state index is 0.00517. The number of esters is 1. The van der Waals surface area contributed by atoms with Crippen LogP contribution in [0.3, 0.4) is 0 Å². The molecule has 1 aromatic carbocycles. The van der Waals surface area contributed by atoms with Crippen molar-refractivity contribution in [3.05, 3.63) is 52.2 Å². The van der Waals surface area contributed by atoms with Gasteiger partial charge in [0, 0.05) is 12.2 Å². The van der Waals surface area contributed by atoms with Gasteiger partial charge in [0.1, 0.15) is 0 Å². The van der Waals surface area contributed by atoms with Crippen LogP contribution in [-0.4, -0.2) is 30.4 Å². The average Bonchev–Trinajstić information content (AvgIpc) is 2.82. The Morgan fingerprint density at radius 1 is 1.27 bits per heavy atom. The molecular formula is C19H20F3NO3. The van der Waals surface area contributed by atoms with Crippen molar-refractivity contribution in [1.29, 1.82) is 0 Å². The van der Waals surface area contributed by atoms with Crippen LogP contribution >= 0.6 is 0 Å². The SMILES string of the molecule is CCCCN1C(=O)/C(=C\c2ccccc2C(F)(F)F)C(C(=O)OC)=C1C. The number of rotatable bonds is 5. The molecule has 0 saturated heterocycles. The number of hydrogen-bond donors (Lipinski definition) is 0. The van der Waals surface area contributed by atoms with Crippen LogP contribution in [-0.2, 0) is 20.5 Å². The van der Waals surface area contributed by atoms with Gasteiger partial charge in [-0.2, -0.15) is 13.2 Å². The van der Waals surface area contributed by atoms with E-state index in [9.17, 15) is 22.8 Å². The molecule has 4 nitrogen and oxygen atoms in total. The van der Waals surface area contributed by atoms with Crippen molar-refractivity contribution in [3.8, 4) is 0 Å². The van der Waals surface area contributed by atoms with Gasteiger partial charge in [0.05, 0.1) is 23.8 Å². The Morgan fingerprint density at radius 2 is 1.92 bits per heavy atom. The van der Waals surface area contributed by atoms with Crippen molar-refractivity contribution in [2.24, 2.45) is 0 Å². The zero-order valence-electron chi connectivity index (χ0n) is 14.8. The predicted octanol–water partition coefficient (Wildman–Crippen LogP) is 4.18. The van der Waals surface area contributed by atoms with E-state index in [2.05, 4.69) is 0 Å². The number of hydrogen-bond acceptors (Lipinski definition) is 3. The second-order valence-corrected chi connectivity index (χ2v) is 5.91. The highest BCUT2D eigenvalue weighted by Gasteiger charge is 2.38. The Balaban J connectivity index is 2.59. The van der Waals surface area contributed by atoms with Gasteiger partial charge in [-0.05, 0) is 31.1 Å². The maximum absolute atomic E-state index is 13.2. The van der Waals surface area contributed by atoms with E-state index in [1.54, 1.807) is 6.92 Å². The summed E-state index contributed by atoms with van der Waals surface area (Å²) in [6, 6.07) is 4.93. The van der Waals surface area contributed by atoms with Crippen molar-refractivity contribution in [3.63, 3.8) is 0 Å². The number of ether oxygens (including phenoxy) is 1. The number of benzene rings is 1. The van der Waals surface area contributed by atoms with Gasteiger partial charge in [0.2, 0.25) is 0 Å². The molecule has 0 radical (unpaired) electrons. The highest BCUT2D eigenvalue weighted by Crippen LogP contribution is 2.36. The van der Waals surface area contributed by atoms with E-state index in [1.807, 2.05) is 6.92 Å². The van der Waals surface area contributed by atoms with E-state index in [-0.39, 0.29) is 16.7 Å². The van der Waals surface area contributed by atoms with Gasteiger partial charge in [0.25, 0.3) is 5.91 Å². The largest absolute Gasteiger partial charge is 0.465 e. The number of nitrogens with zero attached hydrogens (tertiary/aromatic N) is 1. The first kappa shape index (κ1) is 19.8. The van der Waals surface area contributed by atoms with Gasteiger partial charge in [-0.3, -0.25) is 4.79 Å². The second-order valence-electron chi connectivity index (χ2n) is 5.91. The number of amides is 1. The fourth-order valence-electron chi connectivity index (χ4n) is 2.85. The van der Waals surface area contributed by atoms with Crippen LogP contribution in [0.1, 0.15) is 37.8 Å². The average molecular weight is 367 g/mol. The molecule has 0 aromatic heterocycles. The van der Waals surface area contributed by atoms with Crippen LogP contribution in [0.4, 0.5) is 13.2 Å². The maximum atomic E-state index is 13.2. The van der Waals surface area contributed by atoms with Crippen molar-refractivity contribution >= 4 is 18.0 Å². The summed E-state index contributed by atoms with van der Waals surface area (Å²) in [5, 5.41) is 0. The fraction of sp³-hybridized carbons (Fsp3) is 0.368. The van der Waals surface area contributed by atoms with Gasteiger partial charge in [-0.1, -0.05) is 31.5 Å². The number of unbranched alkanes of at least 4 members (excludes halogenated alkanes) is 1. The maximum Gasteiger partial charge on any atom is 0.416 e. The van der Waals surface area contributed by atoms with Crippen LogP contribution in [0.5, 0.6) is 0 Å². The van der Waals surface area contributed by atoms with Crippen LogP contribution in [0.15, 0.2) is 41.1 Å². The number of carbonyl (C=O) groups is 2. The Bertz CT molecular complexity index is 778. The summed E-state index contributed by atoms with van der Waals surface area (Å²) >= 11 is 0. The minimum Gasteiger partial charge on any atom is -0.465 e. The molecule has 26 heavy (non-hydrogen) atoms. The molecular weight excluding hydrogens is 347 g/mol. The molecule has 0 saturated carbocycles. The highest BCUT2D eigenvalue weighted by molar-refractivity contribution is 6.16. The number of carbonyl (C=O) groups excluding carboxylic acids is 2. The molecule has 7 heteroatoms. The van der Waals surface area contributed by atoms with Crippen LogP contribution in [0, 0.1) is 0 Å². The lowest BCUT2D eigenvalue weighted by atomic mass is 10.00. The molecule has 2 rings (SSSR count). The van der Waals surface area contributed by atoms with Gasteiger partial charge in [0.15, 0.2) is 0 Å². The molecule has 0 aliphatic carbocycles. The molecule has 1 aromatic rings. The van der Waals surface area contributed by atoms with Gasteiger partial charge >= 0.3 is 12.1 Å². The quantitative estimate of drug-likeness (QED) is 0.579. The van der Waals surface area contributed by atoms with Gasteiger partial charge in [-0.15, -0.1) is 0 Å². The van der Waals surface area contributed by atoms with Crippen molar-refractivity contribution in [2.45, 2.75) is 32.9 Å². The summed E-state index contributed by atoms with van der Waals surface area (Å²) in [6.45, 7) is 3.94. The number of halogens is 3. The second kappa shape index (κ2) is 7.76. The summed E-state index contributed by atoms with van der Waals surface area (Å²) in [5.74, 6) is -1.24. The zero-order valence-corrected chi connectivity index (χ0v) is 14.8. The van der Waals surface area contributed by atoms with Gasteiger partial charge in [-0.25, -0.2) is 4.79 Å². The molecule has 140 valence electrons. The van der Waals surface area contributed by atoms with E-state index in [1.165, 1.54) is 30.2 Å². The number of allylic oxidation sites excluding steroid dienone is 1. The van der Waals surface area contributed by atoms with Crippen molar-refractivity contribution < 1.29 is 27.5 Å². The molecule has 1 heterocycles. The topological polar surface area (TPSA) is 46.6 Å². The zero-order chi connectivity index (χ0) is 19.5. The lowest BCUT2D eigenvalue weighted by Crippen LogP contribution is -2.26. The van der Waals surface area contributed by atoms with E-state index in [0.29, 0.717) is 18.7 Å². The number of alkyl halides is 3. The summed E-state index contributed by atoms with van der Waals surface area (Å²) in [7, 11) is 1.17. The first-order chi connectivity index (χ1) is 12.2. The molecule has 1 aliphatic rings. The summed E-state index contributed by atoms with van der Waals surface area (Å²) in [5.41, 5.74) is -0.720. The van der Waals surface area contributed by atoms with Crippen molar-refractivity contribution in [2.75, 3.05) is 13.7 Å². The fourth-order valence-corrected chi connectivity index (χ4v) is 2.85. The third-order valence-electron chi connectivity index (χ3n) is 4.20. The van der Waals surface area contributed by atoms with Crippen molar-refractivity contribution in [1.82, 2.24) is 4.90 Å². The molecule has 0 unspecified atom stereocenters. The van der Waals surface area contributed by atoms with E-state index < -0.39 is 23.6 Å².